The van der Waals surface area contributed by atoms with Gasteiger partial charge in [0.2, 0.25) is 0 Å². The van der Waals surface area contributed by atoms with Gasteiger partial charge in [-0.15, -0.1) is 0 Å². The van der Waals surface area contributed by atoms with Crippen molar-refractivity contribution in [3.8, 4) is 5.75 Å². The van der Waals surface area contributed by atoms with Crippen LogP contribution in [-0.4, -0.2) is 12.4 Å². The fourth-order valence-corrected chi connectivity index (χ4v) is 6.29. The molecule has 2 nitrogen and oxygen atoms in total. The van der Waals surface area contributed by atoms with E-state index in [4.69, 9.17) is 4.74 Å². The van der Waals surface area contributed by atoms with Gasteiger partial charge < -0.3 is 4.74 Å². The summed E-state index contributed by atoms with van der Waals surface area (Å²) < 4.78 is 46.5. The summed E-state index contributed by atoms with van der Waals surface area (Å²) in [5, 5.41) is 0. The third-order valence-corrected chi connectivity index (χ3v) is 8.13. The van der Waals surface area contributed by atoms with E-state index in [1.807, 2.05) is 0 Å². The number of benzene rings is 1. The largest absolute Gasteiger partial charge is 0.491 e. The van der Waals surface area contributed by atoms with Crippen LogP contribution in [0.15, 0.2) is 12.1 Å². The molecule has 2 aliphatic carbocycles. The number of halogens is 3. The van der Waals surface area contributed by atoms with E-state index in [1.54, 1.807) is 6.92 Å². The number of carbonyl (C=O) groups excluding carboxylic acids is 1. The molecule has 0 bridgehead atoms. The van der Waals surface area contributed by atoms with E-state index in [0.717, 1.165) is 24.2 Å². The summed E-state index contributed by atoms with van der Waals surface area (Å²) >= 11 is 0. The molecule has 0 aromatic heterocycles. The predicted octanol–water partition coefficient (Wildman–Crippen LogP) is 8.93. The van der Waals surface area contributed by atoms with Crippen LogP contribution in [0.2, 0.25) is 0 Å². The van der Waals surface area contributed by atoms with Gasteiger partial charge in [0.1, 0.15) is 0 Å². The molecule has 2 fully saturated rings. The van der Waals surface area contributed by atoms with Gasteiger partial charge in [0, 0.05) is 12.0 Å². The highest BCUT2D eigenvalue weighted by Crippen LogP contribution is 2.43. The van der Waals surface area contributed by atoms with Crippen LogP contribution in [-0.2, 0) is 0 Å². The minimum atomic E-state index is -3.04. The average molecular weight is 467 g/mol. The molecule has 5 heteroatoms. The Hall–Kier alpha value is -1.52. The molecule has 0 atom stereocenters. The van der Waals surface area contributed by atoms with Crippen LogP contribution in [0.5, 0.6) is 5.75 Å². The number of ether oxygens (including phenoxy) is 1. The van der Waals surface area contributed by atoms with Gasteiger partial charge in [-0.05, 0) is 74.8 Å². The Morgan fingerprint density at radius 1 is 0.939 bits per heavy atom. The molecule has 0 saturated heterocycles. The lowest BCUT2D eigenvalue weighted by Crippen LogP contribution is -2.26. The highest BCUT2D eigenvalue weighted by Gasteiger charge is 2.31. The zero-order valence-electron chi connectivity index (χ0n) is 20.4. The van der Waals surface area contributed by atoms with Crippen molar-refractivity contribution < 1.29 is 22.7 Å². The van der Waals surface area contributed by atoms with Crippen molar-refractivity contribution in [1.82, 2.24) is 0 Å². The van der Waals surface area contributed by atoms with Gasteiger partial charge in [-0.25, -0.2) is 13.2 Å². The van der Waals surface area contributed by atoms with Gasteiger partial charge in [0.25, 0.3) is 6.43 Å². The van der Waals surface area contributed by atoms with E-state index in [9.17, 15) is 18.0 Å². The van der Waals surface area contributed by atoms with Crippen molar-refractivity contribution in [3.05, 3.63) is 29.1 Å². The smallest absolute Gasteiger partial charge is 0.267 e. The topological polar surface area (TPSA) is 26.3 Å². The molecular weight excluding hydrogens is 425 g/mol. The summed E-state index contributed by atoms with van der Waals surface area (Å²) in [7, 11) is 0. The molecule has 1 aromatic carbocycles. The standard InChI is InChI=1S/C28H41F3O2/c1-3-6-19-9-13-21(14-10-19)22-15-11-20(12-16-22)7-5-8-24(32)23-17-18-25(33-4-2)27(29)26(23)28(30)31/h17-22,28H,3-16H2,1-2H3. The molecule has 2 aliphatic rings. The first kappa shape index (κ1) is 26.1. The van der Waals surface area contributed by atoms with Crippen LogP contribution in [0.3, 0.4) is 0 Å². The van der Waals surface area contributed by atoms with Gasteiger partial charge >= 0.3 is 0 Å². The lowest BCUT2D eigenvalue weighted by Gasteiger charge is -2.38. The van der Waals surface area contributed by atoms with Crippen molar-refractivity contribution in [2.45, 2.75) is 104 Å². The zero-order chi connectivity index (χ0) is 23.8. The summed E-state index contributed by atoms with van der Waals surface area (Å²) in [6.07, 6.45) is 12.1. The predicted molar refractivity (Wildman–Crippen MR) is 127 cm³/mol. The van der Waals surface area contributed by atoms with E-state index >= 15 is 0 Å². The van der Waals surface area contributed by atoms with Crippen LogP contribution in [0.1, 0.15) is 120 Å². The molecule has 2 saturated carbocycles. The van der Waals surface area contributed by atoms with E-state index in [2.05, 4.69) is 6.92 Å². The Kier molecular flexibility index (Phi) is 10.1. The van der Waals surface area contributed by atoms with E-state index in [1.165, 1.54) is 76.3 Å². The van der Waals surface area contributed by atoms with Crippen molar-refractivity contribution in [2.24, 2.45) is 23.7 Å². The van der Waals surface area contributed by atoms with Gasteiger partial charge in [0.15, 0.2) is 17.3 Å². The molecule has 0 spiro atoms. The quantitative estimate of drug-likeness (QED) is 0.304. The molecule has 3 rings (SSSR count). The number of Topliss-reactive ketones (excluding diaryl/α,β-unsaturated/α-hetero) is 1. The summed E-state index contributed by atoms with van der Waals surface area (Å²) in [6.45, 7) is 4.12. The maximum absolute atomic E-state index is 14.4. The molecule has 0 heterocycles. The Morgan fingerprint density at radius 2 is 1.52 bits per heavy atom. The maximum Gasteiger partial charge on any atom is 0.267 e. The Morgan fingerprint density at radius 3 is 2.03 bits per heavy atom. The fourth-order valence-electron chi connectivity index (χ4n) is 6.29. The lowest BCUT2D eigenvalue weighted by molar-refractivity contribution is 0.0956. The number of hydrogen-bond donors (Lipinski definition) is 0. The highest BCUT2D eigenvalue weighted by molar-refractivity contribution is 5.97. The monoisotopic (exact) mass is 466 g/mol. The number of hydrogen-bond acceptors (Lipinski definition) is 2. The second kappa shape index (κ2) is 12.8. The van der Waals surface area contributed by atoms with E-state index < -0.39 is 23.6 Å². The molecule has 0 aliphatic heterocycles. The van der Waals surface area contributed by atoms with Crippen LogP contribution in [0, 0.1) is 29.5 Å². The summed E-state index contributed by atoms with van der Waals surface area (Å²) in [5.74, 6) is 1.62. The summed E-state index contributed by atoms with van der Waals surface area (Å²) in [5.41, 5.74) is -1.02. The van der Waals surface area contributed by atoms with Crippen molar-refractivity contribution in [2.75, 3.05) is 6.61 Å². The normalized spacial score (nSPS) is 25.9. The zero-order valence-corrected chi connectivity index (χ0v) is 20.4. The van der Waals surface area contributed by atoms with Gasteiger partial charge in [-0.3, -0.25) is 4.79 Å². The molecule has 186 valence electrons. The molecule has 0 radical (unpaired) electrons. The first-order valence-corrected chi connectivity index (χ1v) is 13.2. The van der Waals surface area contributed by atoms with Gasteiger partial charge in [-0.1, -0.05) is 51.9 Å². The number of ketones is 1. The Bertz CT molecular complexity index is 748. The molecule has 0 unspecified atom stereocenters. The second-order valence-corrected chi connectivity index (χ2v) is 10.2. The fraction of sp³-hybridized carbons (Fsp3) is 0.750. The Balaban J connectivity index is 1.43. The molecule has 1 aromatic rings. The van der Waals surface area contributed by atoms with Crippen LogP contribution in [0.25, 0.3) is 0 Å². The van der Waals surface area contributed by atoms with Crippen molar-refractivity contribution in [3.63, 3.8) is 0 Å². The van der Waals surface area contributed by atoms with Crippen LogP contribution >= 0.6 is 0 Å². The lowest BCUT2D eigenvalue weighted by atomic mass is 9.68. The van der Waals surface area contributed by atoms with Gasteiger partial charge in [0.05, 0.1) is 12.2 Å². The maximum atomic E-state index is 14.4. The first-order chi connectivity index (χ1) is 15.9. The van der Waals surface area contributed by atoms with Crippen LogP contribution < -0.4 is 4.74 Å². The van der Waals surface area contributed by atoms with Crippen molar-refractivity contribution in [1.29, 1.82) is 0 Å². The Labute approximate surface area is 197 Å². The van der Waals surface area contributed by atoms with Crippen molar-refractivity contribution >= 4 is 5.78 Å². The first-order valence-electron chi connectivity index (χ1n) is 13.2. The summed E-state index contributed by atoms with van der Waals surface area (Å²) in [6, 6.07) is 2.58. The minimum Gasteiger partial charge on any atom is -0.491 e. The van der Waals surface area contributed by atoms with Crippen LogP contribution in [0.4, 0.5) is 13.2 Å². The average Bonchev–Trinajstić information content (AvgIpc) is 2.81. The summed E-state index contributed by atoms with van der Waals surface area (Å²) in [4.78, 5) is 12.6. The third-order valence-electron chi connectivity index (χ3n) is 8.13. The number of carbonyl (C=O) groups is 1. The number of alkyl halides is 2. The third kappa shape index (κ3) is 6.99. The molecule has 0 N–H and O–H groups in total. The van der Waals surface area contributed by atoms with E-state index in [-0.39, 0.29) is 24.3 Å². The molecular formula is C28H41F3O2. The van der Waals surface area contributed by atoms with E-state index in [0.29, 0.717) is 12.3 Å². The minimum absolute atomic E-state index is 0.176. The molecule has 33 heavy (non-hydrogen) atoms. The second-order valence-electron chi connectivity index (χ2n) is 10.2. The highest BCUT2D eigenvalue weighted by atomic mass is 19.3. The molecule has 0 amide bonds. The SMILES string of the molecule is CCCC1CCC(C2CCC(CCCC(=O)c3ccc(OCC)c(F)c3C(F)F)CC2)CC1. The van der Waals surface area contributed by atoms with Gasteiger partial charge in [-0.2, -0.15) is 0 Å². The number of rotatable bonds is 11.